The number of nitrogens with zero attached hydrogens (tertiary/aromatic N) is 2. The van der Waals surface area contributed by atoms with Gasteiger partial charge in [-0.2, -0.15) is 0 Å². The van der Waals surface area contributed by atoms with Crippen LogP contribution in [0.2, 0.25) is 0 Å². The lowest BCUT2D eigenvalue weighted by molar-refractivity contribution is 0.180. The Morgan fingerprint density at radius 3 is 2.41 bits per heavy atom. The number of nitrogens with one attached hydrogen (secondary N) is 1. The fourth-order valence-corrected chi connectivity index (χ4v) is 5.09. The van der Waals surface area contributed by atoms with Crippen LogP contribution in [0.5, 0.6) is 5.75 Å². The van der Waals surface area contributed by atoms with Crippen LogP contribution < -0.4 is 10.1 Å². The van der Waals surface area contributed by atoms with Gasteiger partial charge in [-0.25, -0.2) is 4.79 Å². The molecular weight excluding hydrogens is 398 g/mol. The summed E-state index contributed by atoms with van der Waals surface area (Å²) >= 11 is 0. The van der Waals surface area contributed by atoms with E-state index in [1.165, 1.54) is 17.5 Å². The average Bonchev–Trinajstić information content (AvgIpc) is 2.84. The quantitative estimate of drug-likeness (QED) is 0.662. The highest BCUT2D eigenvalue weighted by atomic mass is 16.5. The van der Waals surface area contributed by atoms with Crippen molar-refractivity contribution in [2.45, 2.75) is 44.4 Å². The summed E-state index contributed by atoms with van der Waals surface area (Å²) in [6.07, 6.45) is 6.76. The highest BCUT2D eigenvalue weighted by Crippen LogP contribution is 2.36. The monoisotopic (exact) mass is 435 g/mol. The summed E-state index contributed by atoms with van der Waals surface area (Å²) in [5.41, 5.74) is 3.50. The van der Waals surface area contributed by atoms with Crippen LogP contribution in [0.15, 0.2) is 48.5 Å². The molecule has 2 heterocycles. The number of hydrogen-bond acceptors (Lipinski definition) is 3. The molecule has 0 bridgehead atoms. The number of piperidine rings is 2. The molecule has 4 rings (SSSR count). The molecule has 172 valence electrons. The third-order valence-electron chi connectivity index (χ3n) is 7.23. The lowest BCUT2D eigenvalue weighted by atomic mass is 9.88. The van der Waals surface area contributed by atoms with Gasteiger partial charge in [-0.1, -0.05) is 30.3 Å². The lowest BCUT2D eigenvalue weighted by Gasteiger charge is -2.32. The zero-order valence-electron chi connectivity index (χ0n) is 19.6. The topological polar surface area (TPSA) is 44.8 Å². The number of hydrogen-bond donors (Lipinski definition) is 1. The van der Waals surface area contributed by atoms with Crippen molar-refractivity contribution in [2.24, 2.45) is 5.92 Å². The Labute approximate surface area is 192 Å². The van der Waals surface area contributed by atoms with Crippen molar-refractivity contribution in [3.8, 4) is 5.75 Å². The minimum absolute atomic E-state index is 0.0194. The molecule has 2 fully saturated rings. The minimum atomic E-state index is 0.0194. The maximum absolute atomic E-state index is 12.9. The molecule has 0 spiro atoms. The Morgan fingerprint density at radius 1 is 1.00 bits per heavy atom. The number of likely N-dealkylation sites (tertiary alicyclic amines) is 2. The molecule has 2 saturated heterocycles. The summed E-state index contributed by atoms with van der Waals surface area (Å²) in [6, 6.07) is 16.8. The second kappa shape index (κ2) is 10.9. The average molecular weight is 436 g/mol. The number of benzene rings is 2. The van der Waals surface area contributed by atoms with Crippen molar-refractivity contribution < 1.29 is 9.53 Å². The summed E-state index contributed by atoms with van der Waals surface area (Å²) in [4.78, 5) is 17.3. The number of anilines is 1. The molecule has 0 atom stereocenters. The highest BCUT2D eigenvalue weighted by Gasteiger charge is 2.24. The maximum Gasteiger partial charge on any atom is 0.321 e. The van der Waals surface area contributed by atoms with Gasteiger partial charge in [-0.3, -0.25) is 0 Å². The fourth-order valence-electron chi connectivity index (χ4n) is 5.09. The Bertz CT molecular complexity index is 870. The first-order chi connectivity index (χ1) is 15.6. The van der Waals surface area contributed by atoms with E-state index in [2.05, 4.69) is 53.7 Å². The first kappa shape index (κ1) is 22.7. The number of methoxy groups -OCH3 is 1. The molecule has 0 unspecified atom stereocenters. The molecular formula is C27H37N3O2. The fraction of sp³-hybridized carbons (Fsp3) is 0.519. The van der Waals surface area contributed by atoms with Crippen LogP contribution >= 0.6 is 0 Å². The predicted octanol–water partition coefficient (Wildman–Crippen LogP) is 5.38. The van der Waals surface area contributed by atoms with Crippen molar-refractivity contribution in [3.63, 3.8) is 0 Å². The van der Waals surface area contributed by atoms with E-state index in [1.54, 1.807) is 7.11 Å². The summed E-state index contributed by atoms with van der Waals surface area (Å²) in [5.74, 6) is 2.12. The summed E-state index contributed by atoms with van der Waals surface area (Å²) < 4.78 is 5.63. The summed E-state index contributed by atoms with van der Waals surface area (Å²) in [5, 5.41) is 3.14. The highest BCUT2D eigenvalue weighted by molar-refractivity contribution is 5.89. The molecule has 2 amide bonds. The Balaban J connectivity index is 1.30. The molecule has 0 radical (unpaired) electrons. The van der Waals surface area contributed by atoms with Gasteiger partial charge >= 0.3 is 6.03 Å². The van der Waals surface area contributed by atoms with Crippen molar-refractivity contribution >= 4 is 11.7 Å². The molecule has 2 aliphatic heterocycles. The molecule has 0 saturated carbocycles. The van der Waals surface area contributed by atoms with Gasteiger partial charge in [-0.15, -0.1) is 0 Å². The van der Waals surface area contributed by atoms with Crippen LogP contribution in [0.1, 0.15) is 49.1 Å². The van der Waals surface area contributed by atoms with E-state index in [4.69, 9.17) is 4.74 Å². The minimum Gasteiger partial charge on any atom is -0.496 e. The Hall–Kier alpha value is -2.53. The Morgan fingerprint density at radius 2 is 1.72 bits per heavy atom. The van der Waals surface area contributed by atoms with E-state index in [-0.39, 0.29) is 6.03 Å². The van der Waals surface area contributed by atoms with Gasteiger partial charge in [0.25, 0.3) is 0 Å². The van der Waals surface area contributed by atoms with Crippen molar-refractivity contribution in [1.29, 1.82) is 0 Å². The first-order valence-electron chi connectivity index (χ1n) is 12.1. The molecule has 1 N–H and O–H groups in total. The molecule has 32 heavy (non-hydrogen) atoms. The SMILES string of the molecule is COc1ccc(NC(=O)N2CCC(CCc3ccccc3)CC2)cc1C1CCN(C)CC1. The first-order valence-corrected chi connectivity index (χ1v) is 12.1. The number of aryl methyl sites for hydroxylation is 1. The molecule has 0 aromatic heterocycles. The number of carbonyl (C=O) groups is 1. The predicted molar refractivity (Wildman–Crippen MR) is 131 cm³/mol. The van der Waals surface area contributed by atoms with E-state index in [0.717, 1.165) is 69.7 Å². The largest absolute Gasteiger partial charge is 0.496 e. The van der Waals surface area contributed by atoms with Crippen LogP contribution in [0, 0.1) is 5.92 Å². The van der Waals surface area contributed by atoms with Gasteiger partial charge in [0, 0.05) is 18.8 Å². The van der Waals surface area contributed by atoms with Gasteiger partial charge in [0.15, 0.2) is 0 Å². The number of urea groups is 1. The third kappa shape index (κ3) is 5.83. The molecule has 2 aromatic carbocycles. The van der Waals surface area contributed by atoms with Gasteiger partial charge in [0.2, 0.25) is 0 Å². The van der Waals surface area contributed by atoms with E-state index in [1.807, 2.05) is 17.0 Å². The van der Waals surface area contributed by atoms with Gasteiger partial charge < -0.3 is 19.9 Å². The zero-order valence-corrected chi connectivity index (χ0v) is 19.6. The van der Waals surface area contributed by atoms with Crippen molar-refractivity contribution in [1.82, 2.24) is 9.80 Å². The molecule has 2 aliphatic rings. The zero-order chi connectivity index (χ0) is 22.3. The second-order valence-corrected chi connectivity index (χ2v) is 9.42. The third-order valence-corrected chi connectivity index (χ3v) is 7.23. The lowest BCUT2D eigenvalue weighted by Crippen LogP contribution is -2.41. The van der Waals surface area contributed by atoms with Crippen molar-refractivity contribution in [2.75, 3.05) is 45.7 Å². The molecule has 5 nitrogen and oxygen atoms in total. The van der Waals surface area contributed by atoms with Gasteiger partial charge in [-0.05, 0) is 99.8 Å². The maximum atomic E-state index is 12.9. The normalized spacial score (nSPS) is 18.5. The van der Waals surface area contributed by atoms with E-state index in [0.29, 0.717) is 11.8 Å². The van der Waals surface area contributed by atoms with Crippen LogP contribution in [-0.4, -0.2) is 56.2 Å². The van der Waals surface area contributed by atoms with E-state index < -0.39 is 0 Å². The van der Waals surface area contributed by atoms with E-state index >= 15 is 0 Å². The number of rotatable bonds is 6. The summed E-state index contributed by atoms with van der Waals surface area (Å²) in [7, 11) is 3.91. The van der Waals surface area contributed by atoms with E-state index in [9.17, 15) is 4.79 Å². The van der Waals surface area contributed by atoms with Crippen LogP contribution in [0.4, 0.5) is 10.5 Å². The van der Waals surface area contributed by atoms with Crippen LogP contribution in [0.3, 0.4) is 0 Å². The second-order valence-electron chi connectivity index (χ2n) is 9.42. The van der Waals surface area contributed by atoms with Gasteiger partial charge in [0.05, 0.1) is 7.11 Å². The number of amides is 2. The number of carbonyl (C=O) groups excluding carboxylic acids is 1. The van der Waals surface area contributed by atoms with Crippen molar-refractivity contribution in [3.05, 3.63) is 59.7 Å². The molecule has 0 aliphatic carbocycles. The van der Waals surface area contributed by atoms with Gasteiger partial charge in [0.1, 0.15) is 5.75 Å². The standard InChI is InChI=1S/C27H37N3O2/c1-29-16-14-23(15-17-29)25-20-24(10-11-26(25)32-2)28-27(31)30-18-12-22(13-19-30)9-8-21-6-4-3-5-7-21/h3-7,10-11,20,22-23H,8-9,12-19H2,1-2H3,(H,28,31). The summed E-state index contributed by atoms with van der Waals surface area (Å²) in [6.45, 7) is 3.87. The molecule has 2 aromatic rings. The molecule has 5 heteroatoms. The smallest absolute Gasteiger partial charge is 0.321 e. The Kier molecular flexibility index (Phi) is 7.69. The van der Waals surface area contributed by atoms with Crippen LogP contribution in [-0.2, 0) is 6.42 Å². The van der Waals surface area contributed by atoms with Crippen LogP contribution in [0.25, 0.3) is 0 Å². The number of ether oxygens (including phenoxy) is 1.